The number of allylic oxidation sites excluding steroid dienone is 1. The highest BCUT2D eigenvalue weighted by atomic mass is 16.5. The number of hydrogen-bond donors (Lipinski definition) is 0. The van der Waals surface area contributed by atoms with Crippen molar-refractivity contribution in [2.45, 2.75) is 25.3 Å². The number of benzene rings is 3. The Morgan fingerprint density at radius 2 is 1.77 bits per heavy atom. The Morgan fingerprint density at radius 3 is 2.54 bits per heavy atom. The third-order valence-corrected chi connectivity index (χ3v) is 7.03. The van der Waals surface area contributed by atoms with Gasteiger partial charge >= 0.3 is 0 Å². The molecule has 2 heterocycles. The Kier molecular flexibility index (Phi) is 7.72. The van der Waals surface area contributed by atoms with Crippen LogP contribution in [-0.2, 0) is 17.8 Å². The number of aromatic nitrogens is 2. The molecule has 1 fully saturated rings. The van der Waals surface area contributed by atoms with Crippen molar-refractivity contribution in [1.82, 2.24) is 9.55 Å². The molecule has 3 aromatic carbocycles. The van der Waals surface area contributed by atoms with Crippen LogP contribution in [0.2, 0.25) is 0 Å². The lowest BCUT2D eigenvalue weighted by Gasteiger charge is -2.20. The zero-order valence-electron chi connectivity index (χ0n) is 22.6. The number of carbonyl (C=O) groups is 1. The van der Waals surface area contributed by atoms with E-state index in [1.807, 2.05) is 60.7 Å². The minimum absolute atomic E-state index is 0.0192. The van der Waals surface area contributed by atoms with Gasteiger partial charge in [-0.15, -0.1) is 6.58 Å². The predicted molar refractivity (Wildman–Crippen MR) is 151 cm³/mol. The molecule has 0 aliphatic carbocycles. The van der Waals surface area contributed by atoms with E-state index in [0.29, 0.717) is 54.8 Å². The van der Waals surface area contributed by atoms with Gasteiger partial charge in [0.25, 0.3) is 0 Å². The molecule has 0 N–H and O–H groups in total. The number of methoxy groups -OCH3 is 3. The largest absolute Gasteiger partial charge is 0.497 e. The molecule has 1 aliphatic heterocycles. The number of amides is 1. The van der Waals surface area contributed by atoms with Crippen LogP contribution in [0.4, 0.5) is 5.69 Å². The normalized spacial score (nSPS) is 15.0. The molecule has 1 saturated heterocycles. The van der Waals surface area contributed by atoms with Crippen LogP contribution in [0.1, 0.15) is 23.7 Å². The maximum absolute atomic E-state index is 13.2. The van der Waals surface area contributed by atoms with Crippen LogP contribution in [-0.4, -0.2) is 49.9 Å². The average Bonchev–Trinajstić information content (AvgIpc) is 3.53. The van der Waals surface area contributed by atoms with Crippen molar-refractivity contribution >= 4 is 22.6 Å². The maximum Gasteiger partial charge on any atom is 0.227 e. The molecule has 1 unspecified atom stereocenters. The lowest BCUT2D eigenvalue weighted by Crippen LogP contribution is -2.25. The SMILES string of the molecule is C=CCc1ccc(OCCn2c(C3CC(=O)N(c4cc(OC)ccc4OC)C3)nc3ccccc32)c(OC)c1. The first kappa shape index (κ1) is 26.2. The minimum atomic E-state index is -0.0893. The first-order valence-electron chi connectivity index (χ1n) is 12.9. The molecule has 0 radical (unpaired) electrons. The van der Waals surface area contributed by atoms with Crippen molar-refractivity contribution in [3.05, 3.63) is 84.7 Å². The van der Waals surface area contributed by atoms with Crippen molar-refractivity contribution < 1.29 is 23.7 Å². The number of rotatable bonds is 11. The molecule has 5 rings (SSSR count). The van der Waals surface area contributed by atoms with Gasteiger partial charge < -0.3 is 28.4 Å². The summed E-state index contributed by atoms with van der Waals surface area (Å²) in [6.45, 7) is 5.28. The van der Waals surface area contributed by atoms with Crippen LogP contribution in [0, 0.1) is 0 Å². The van der Waals surface area contributed by atoms with Crippen LogP contribution >= 0.6 is 0 Å². The van der Waals surface area contributed by atoms with E-state index in [1.54, 1.807) is 26.2 Å². The van der Waals surface area contributed by atoms with Crippen molar-refractivity contribution in [2.24, 2.45) is 0 Å². The van der Waals surface area contributed by atoms with E-state index in [4.69, 9.17) is 23.9 Å². The van der Waals surface area contributed by atoms with Gasteiger partial charge in [0.05, 0.1) is 44.6 Å². The third-order valence-electron chi connectivity index (χ3n) is 7.03. The molecule has 202 valence electrons. The molecule has 8 nitrogen and oxygen atoms in total. The highest BCUT2D eigenvalue weighted by molar-refractivity contribution is 5.98. The second-order valence-corrected chi connectivity index (χ2v) is 9.38. The summed E-state index contributed by atoms with van der Waals surface area (Å²) in [5.41, 5.74) is 3.71. The molecule has 4 aromatic rings. The summed E-state index contributed by atoms with van der Waals surface area (Å²) in [7, 11) is 4.85. The Morgan fingerprint density at radius 1 is 0.974 bits per heavy atom. The molecular formula is C31H33N3O5. The molecule has 1 amide bonds. The summed E-state index contributed by atoms with van der Waals surface area (Å²) in [4.78, 5) is 20.0. The fraction of sp³-hybridized carbons (Fsp3) is 0.290. The van der Waals surface area contributed by atoms with Crippen molar-refractivity contribution in [3.8, 4) is 23.0 Å². The highest BCUT2D eigenvalue weighted by Gasteiger charge is 2.36. The molecule has 1 atom stereocenters. The number of anilines is 1. The van der Waals surface area contributed by atoms with Crippen LogP contribution in [0.25, 0.3) is 11.0 Å². The van der Waals surface area contributed by atoms with E-state index in [-0.39, 0.29) is 11.8 Å². The fourth-order valence-electron chi connectivity index (χ4n) is 5.13. The third kappa shape index (κ3) is 5.27. The predicted octanol–water partition coefficient (Wildman–Crippen LogP) is 5.39. The van der Waals surface area contributed by atoms with Gasteiger partial charge in [0.1, 0.15) is 23.9 Å². The summed E-state index contributed by atoms with van der Waals surface area (Å²) in [6, 6.07) is 19.4. The summed E-state index contributed by atoms with van der Waals surface area (Å²) in [5, 5.41) is 0. The first-order valence-corrected chi connectivity index (χ1v) is 12.9. The Bertz CT molecular complexity index is 1500. The zero-order valence-corrected chi connectivity index (χ0v) is 22.6. The Labute approximate surface area is 228 Å². The van der Waals surface area contributed by atoms with E-state index < -0.39 is 0 Å². The standard InChI is InChI=1S/C31H33N3O5/c1-5-8-21-11-13-28(29(17-21)38-4)39-16-15-33-25-10-7-6-9-24(25)32-31(33)22-18-30(35)34(20-22)26-19-23(36-2)12-14-27(26)37-3/h5-7,9-14,17,19,22H,1,8,15-16,18,20H2,2-4H3. The van der Waals surface area contributed by atoms with Gasteiger partial charge in [0.15, 0.2) is 11.5 Å². The molecular weight excluding hydrogens is 494 g/mol. The second-order valence-electron chi connectivity index (χ2n) is 9.38. The van der Waals surface area contributed by atoms with Crippen LogP contribution < -0.4 is 23.8 Å². The van der Waals surface area contributed by atoms with Crippen molar-refractivity contribution in [2.75, 3.05) is 39.4 Å². The second kappa shape index (κ2) is 11.5. The van der Waals surface area contributed by atoms with Gasteiger partial charge in [-0.25, -0.2) is 4.98 Å². The number of nitrogens with zero attached hydrogens (tertiary/aromatic N) is 3. The number of para-hydroxylation sites is 2. The van der Waals surface area contributed by atoms with Crippen LogP contribution in [0.5, 0.6) is 23.0 Å². The minimum Gasteiger partial charge on any atom is -0.497 e. The quantitative estimate of drug-likeness (QED) is 0.244. The number of imidazole rings is 1. The number of ether oxygens (including phenoxy) is 4. The van der Waals surface area contributed by atoms with Crippen molar-refractivity contribution in [3.63, 3.8) is 0 Å². The van der Waals surface area contributed by atoms with Gasteiger partial charge in [-0.1, -0.05) is 24.3 Å². The van der Waals surface area contributed by atoms with Crippen LogP contribution in [0.15, 0.2) is 73.3 Å². The van der Waals surface area contributed by atoms with E-state index in [2.05, 4.69) is 17.2 Å². The van der Waals surface area contributed by atoms with E-state index in [9.17, 15) is 4.79 Å². The lowest BCUT2D eigenvalue weighted by atomic mass is 10.1. The van der Waals surface area contributed by atoms with Gasteiger partial charge in [0, 0.05) is 24.9 Å². The summed E-state index contributed by atoms with van der Waals surface area (Å²) < 4.78 is 24.8. The van der Waals surface area contributed by atoms with Gasteiger partial charge in [-0.3, -0.25) is 4.79 Å². The molecule has 0 saturated carbocycles. The summed E-state index contributed by atoms with van der Waals surface area (Å²) in [6.07, 6.45) is 2.98. The zero-order chi connectivity index (χ0) is 27.4. The van der Waals surface area contributed by atoms with E-state index >= 15 is 0 Å². The van der Waals surface area contributed by atoms with Gasteiger partial charge in [-0.05, 0) is 48.4 Å². The van der Waals surface area contributed by atoms with E-state index in [1.165, 1.54) is 0 Å². The molecule has 0 spiro atoms. The number of fused-ring (bicyclic) bond motifs is 1. The first-order chi connectivity index (χ1) is 19.1. The molecule has 1 aromatic heterocycles. The molecule has 39 heavy (non-hydrogen) atoms. The van der Waals surface area contributed by atoms with Gasteiger partial charge in [0.2, 0.25) is 5.91 Å². The average molecular weight is 528 g/mol. The molecule has 8 heteroatoms. The van der Waals surface area contributed by atoms with Gasteiger partial charge in [-0.2, -0.15) is 0 Å². The molecule has 1 aliphatic rings. The number of hydrogen-bond acceptors (Lipinski definition) is 6. The lowest BCUT2D eigenvalue weighted by molar-refractivity contribution is -0.117. The monoisotopic (exact) mass is 527 g/mol. The topological polar surface area (TPSA) is 75.1 Å². The Balaban J connectivity index is 1.40. The number of carbonyl (C=O) groups excluding carboxylic acids is 1. The summed E-state index contributed by atoms with van der Waals surface area (Å²) >= 11 is 0. The smallest absolute Gasteiger partial charge is 0.227 e. The Hall–Kier alpha value is -4.46. The summed E-state index contributed by atoms with van der Waals surface area (Å²) in [5.74, 6) is 3.46. The maximum atomic E-state index is 13.2. The van der Waals surface area contributed by atoms with Crippen molar-refractivity contribution in [1.29, 1.82) is 0 Å². The van der Waals surface area contributed by atoms with Crippen LogP contribution in [0.3, 0.4) is 0 Å². The fourth-order valence-corrected chi connectivity index (χ4v) is 5.13. The highest BCUT2D eigenvalue weighted by Crippen LogP contribution is 2.39. The molecule has 0 bridgehead atoms. The van der Waals surface area contributed by atoms with E-state index in [0.717, 1.165) is 28.8 Å².